The van der Waals surface area contributed by atoms with Gasteiger partial charge in [-0.15, -0.1) is 17.9 Å². The smallest absolute Gasteiger partial charge is 0.264 e. The highest BCUT2D eigenvalue weighted by Gasteiger charge is 2.23. The van der Waals surface area contributed by atoms with E-state index in [2.05, 4.69) is 16.8 Å². The van der Waals surface area contributed by atoms with E-state index in [1.165, 1.54) is 29.7 Å². The van der Waals surface area contributed by atoms with E-state index >= 15 is 0 Å². The molecule has 0 atom stereocenters. The lowest BCUT2D eigenvalue weighted by atomic mass is 10.1. The van der Waals surface area contributed by atoms with E-state index in [-0.39, 0.29) is 5.56 Å². The Kier molecular flexibility index (Phi) is 4.41. The van der Waals surface area contributed by atoms with Gasteiger partial charge in [-0.3, -0.25) is 9.36 Å². The minimum atomic E-state index is 0.118. The quantitative estimate of drug-likeness (QED) is 0.686. The predicted octanol–water partition coefficient (Wildman–Crippen LogP) is 2.32. The van der Waals surface area contributed by atoms with Crippen LogP contribution in [0.4, 0.5) is 5.95 Å². The van der Waals surface area contributed by atoms with Gasteiger partial charge in [0.15, 0.2) is 0 Å². The lowest BCUT2D eigenvalue weighted by Crippen LogP contribution is -2.46. The molecule has 1 fully saturated rings. The number of anilines is 1. The van der Waals surface area contributed by atoms with E-state index in [0.717, 1.165) is 55.2 Å². The van der Waals surface area contributed by atoms with Gasteiger partial charge < -0.3 is 10.2 Å². The molecule has 24 heavy (non-hydrogen) atoms. The van der Waals surface area contributed by atoms with Crippen LogP contribution in [-0.2, 0) is 19.4 Å². The maximum Gasteiger partial charge on any atom is 0.264 e. The van der Waals surface area contributed by atoms with E-state index in [1.807, 2.05) is 4.57 Å². The van der Waals surface area contributed by atoms with Gasteiger partial charge in [-0.05, 0) is 31.2 Å². The lowest BCUT2D eigenvalue weighted by molar-refractivity contribution is 0.565. The summed E-state index contributed by atoms with van der Waals surface area (Å²) in [4.78, 5) is 22.8. The van der Waals surface area contributed by atoms with Crippen LogP contribution >= 0.6 is 11.3 Å². The molecule has 2 aromatic rings. The van der Waals surface area contributed by atoms with Gasteiger partial charge in [0.05, 0.1) is 5.39 Å². The summed E-state index contributed by atoms with van der Waals surface area (Å²) in [5, 5.41) is 4.23. The maximum absolute atomic E-state index is 13.3. The molecule has 0 unspecified atom stereocenters. The van der Waals surface area contributed by atoms with Crippen LogP contribution in [0.1, 0.15) is 29.7 Å². The molecule has 2 aliphatic rings. The number of piperazine rings is 1. The van der Waals surface area contributed by atoms with Crippen molar-refractivity contribution >= 4 is 27.5 Å². The van der Waals surface area contributed by atoms with Gasteiger partial charge in [0.25, 0.3) is 5.56 Å². The third-order valence-corrected chi connectivity index (χ3v) is 6.20. The van der Waals surface area contributed by atoms with E-state index in [1.54, 1.807) is 17.4 Å². The third-order valence-electron chi connectivity index (χ3n) is 5.02. The first kappa shape index (κ1) is 15.8. The predicted molar refractivity (Wildman–Crippen MR) is 100 cm³/mol. The second-order valence-corrected chi connectivity index (χ2v) is 7.68. The number of fused-ring (bicyclic) bond motifs is 3. The van der Waals surface area contributed by atoms with Crippen LogP contribution in [0.5, 0.6) is 0 Å². The highest BCUT2D eigenvalue weighted by molar-refractivity contribution is 7.18. The first-order valence-electron chi connectivity index (χ1n) is 8.91. The third kappa shape index (κ3) is 2.67. The van der Waals surface area contributed by atoms with Crippen LogP contribution in [-0.4, -0.2) is 35.7 Å². The standard InChI is InChI=1S/C18H24N4OS/c1-2-10-22-17(23)15-13-6-4-3-5-7-14(13)24-16(15)20-18(22)21-11-8-19-9-12-21/h2,19H,1,3-12H2. The second kappa shape index (κ2) is 6.69. The van der Waals surface area contributed by atoms with Crippen molar-refractivity contribution in [3.05, 3.63) is 33.4 Å². The fourth-order valence-corrected chi connectivity index (χ4v) is 5.05. The van der Waals surface area contributed by atoms with Crippen molar-refractivity contribution in [2.75, 3.05) is 31.1 Å². The Morgan fingerprint density at radius 1 is 1.21 bits per heavy atom. The summed E-state index contributed by atoms with van der Waals surface area (Å²) in [7, 11) is 0. The topological polar surface area (TPSA) is 50.2 Å². The normalized spacial score (nSPS) is 18.4. The van der Waals surface area contributed by atoms with Crippen LogP contribution in [0.3, 0.4) is 0 Å². The summed E-state index contributed by atoms with van der Waals surface area (Å²) in [6.07, 6.45) is 7.58. The van der Waals surface area contributed by atoms with Crippen molar-refractivity contribution in [3.63, 3.8) is 0 Å². The highest BCUT2D eigenvalue weighted by Crippen LogP contribution is 2.34. The molecular formula is C18H24N4OS. The number of thiophene rings is 1. The molecule has 1 aliphatic carbocycles. The highest BCUT2D eigenvalue weighted by atomic mass is 32.1. The minimum Gasteiger partial charge on any atom is -0.340 e. The van der Waals surface area contributed by atoms with Crippen LogP contribution in [0.25, 0.3) is 10.2 Å². The molecule has 3 heterocycles. The molecule has 2 aromatic heterocycles. The molecule has 128 valence electrons. The molecule has 0 spiro atoms. The number of nitrogens with zero attached hydrogens (tertiary/aromatic N) is 3. The maximum atomic E-state index is 13.3. The summed E-state index contributed by atoms with van der Waals surface area (Å²) in [5.41, 5.74) is 1.39. The monoisotopic (exact) mass is 344 g/mol. The Morgan fingerprint density at radius 3 is 2.79 bits per heavy atom. The van der Waals surface area contributed by atoms with Crippen molar-refractivity contribution in [1.82, 2.24) is 14.9 Å². The average molecular weight is 344 g/mol. The first-order chi connectivity index (χ1) is 11.8. The zero-order chi connectivity index (χ0) is 16.5. The molecule has 0 saturated carbocycles. The number of hydrogen-bond acceptors (Lipinski definition) is 5. The molecule has 1 saturated heterocycles. The Balaban J connectivity index is 1.91. The number of hydrogen-bond donors (Lipinski definition) is 1. The van der Waals surface area contributed by atoms with E-state index < -0.39 is 0 Å². The van der Waals surface area contributed by atoms with Crippen molar-refractivity contribution < 1.29 is 0 Å². The summed E-state index contributed by atoms with van der Waals surface area (Å²) >= 11 is 1.74. The summed E-state index contributed by atoms with van der Waals surface area (Å²) in [6.45, 7) is 8.00. The zero-order valence-electron chi connectivity index (χ0n) is 14.0. The molecule has 0 aromatic carbocycles. The van der Waals surface area contributed by atoms with Gasteiger partial charge >= 0.3 is 0 Å². The summed E-state index contributed by atoms with van der Waals surface area (Å²) in [5.74, 6) is 0.810. The van der Waals surface area contributed by atoms with Crippen molar-refractivity contribution in [3.8, 4) is 0 Å². The molecule has 1 N–H and O–H groups in total. The van der Waals surface area contributed by atoms with Crippen molar-refractivity contribution in [1.29, 1.82) is 0 Å². The SMILES string of the molecule is C=CCn1c(N2CCNCC2)nc2sc3c(c2c1=O)CCCCC3. The average Bonchev–Trinajstić information content (AvgIpc) is 2.80. The molecule has 4 rings (SSSR count). The van der Waals surface area contributed by atoms with Gasteiger partial charge in [-0.25, -0.2) is 4.98 Å². The molecule has 0 amide bonds. The summed E-state index contributed by atoms with van der Waals surface area (Å²) < 4.78 is 1.82. The Hall–Kier alpha value is -1.66. The van der Waals surface area contributed by atoms with Gasteiger partial charge in [0.1, 0.15) is 4.83 Å². The zero-order valence-corrected chi connectivity index (χ0v) is 14.8. The number of rotatable bonds is 3. The fourth-order valence-electron chi connectivity index (χ4n) is 3.80. The lowest BCUT2D eigenvalue weighted by Gasteiger charge is -2.30. The number of allylic oxidation sites excluding steroid dienone is 1. The Bertz CT molecular complexity index is 817. The fraction of sp³-hybridized carbons (Fsp3) is 0.556. The van der Waals surface area contributed by atoms with Crippen LogP contribution < -0.4 is 15.8 Å². The van der Waals surface area contributed by atoms with Crippen LogP contribution in [0.2, 0.25) is 0 Å². The second-order valence-electron chi connectivity index (χ2n) is 6.60. The molecule has 1 aliphatic heterocycles. The van der Waals surface area contributed by atoms with Gasteiger partial charge in [-0.1, -0.05) is 12.5 Å². The number of aryl methyl sites for hydroxylation is 2. The minimum absolute atomic E-state index is 0.118. The van der Waals surface area contributed by atoms with Crippen LogP contribution in [0, 0.1) is 0 Å². The van der Waals surface area contributed by atoms with Crippen molar-refractivity contribution in [2.45, 2.75) is 38.6 Å². The molecule has 0 bridgehead atoms. The van der Waals surface area contributed by atoms with E-state index in [0.29, 0.717) is 6.54 Å². The van der Waals surface area contributed by atoms with E-state index in [9.17, 15) is 4.79 Å². The molecular weight excluding hydrogens is 320 g/mol. The molecule has 6 heteroatoms. The summed E-state index contributed by atoms with van der Waals surface area (Å²) in [6, 6.07) is 0. The number of aromatic nitrogens is 2. The Morgan fingerprint density at radius 2 is 2.00 bits per heavy atom. The van der Waals surface area contributed by atoms with Gasteiger partial charge in [-0.2, -0.15) is 0 Å². The van der Waals surface area contributed by atoms with Gasteiger partial charge in [0.2, 0.25) is 5.95 Å². The molecule has 5 nitrogen and oxygen atoms in total. The van der Waals surface area contributed by atoms with E-state index in [4.69, 9.17) is 4.98 Å². The molecule has 0 radical (unpaired) electrons. The largest absolute Gasteiger partial charge is 0.340 e. The number of nitrogens with one attached hydrogen (secondary N) is 1. The van der Waals surface area contributed by atoms with Crippen molar-refractivity contribution in [2.24, 2.45) is 0 Å². The Labute approximate surface area is 146 Å². The first-order valence-corrected chi connectivity index (χ1v) is 9.73. The van der Waals surface area contributed by atoms with Gasteiger partial charge in [0, 0.05) is 37.6 Å². The van der Waals surface area contributed by atoms with Crippen LogP contribution in [0.15, 0.2) is 17.4 Å².